The van der Waals surface area contributed by atoms with Crippen molar-refractivity contribution >= 4 is 38.3 Å². The second-order valence-electron chi connectivity index (χ2n) is 8.19. The monoisotopic (exact) mass is 500 g/mol. The molecule has 0 saturated heterocycles. The predicted molar refractivity (Wildman–Crippen MR) is 133 cm³/mol. The quantitative estimate of drug-likeness (QED) is 0.312. The van der Waals surface area contributed by atoms with Crippen molar-refractivity contribution in [3.8, 4) is 17.0 Å². The molecule has 1 N–H and O–H groups in total. The van der Waals surface area contributed by atoms with Crippen molar-refractivity contribution in [2.75, 3.05) is 11.9 Å². The summed E-state index contributed by atoms with van der Waals surface area (Å²) in [6.45, 7) is 9.21. The van der Waals surface area contributed by atoms with E-state index in [9.17, 15) is 4.79 Å². The largest absolute Gasteiger partial charge is 0.494 e. The smallest absolute Gasteiger partial charge is 0.226 e. The molecule has 0 bridgehead atoms. The Morgan fingerprint density at radius 3 is 2.45 bits per heavy atom. The summed E-state index contributed by atoms with van der Waals surface area (Å²) in [5.41, 5.74) is 3.43. The Bertz CT molecular complexity index is 1010. The third kappa shape index (κ3) is 6.40. The van der Waals surface area contributed by atoms with Gasteiger partial charge in [-0.15, -0.1) is 11.3 Å². The van der Waals surface area contributed by atoms with Gasteiger partial charge in [-0.05, 0) is 55.0 Å². The lowest BCUT2D eigenvalue weighted by Gasteiger charge is -2.23. The van der Waals surface area contributed by atoms with Gasteiger partial charge in [-0.25, -0.2) is 4.98 Å². The van der Waals surface area contributed by atoms with Gasteiger partial charge in [0.05, 0.1) is 12.3 Å². The number of ether oxygens (including phenoxy) is 1. The summed E-state index contributed by atoms with van der Waals surface area (Å²) in [6.07, 6.45) is 2.14. The van der Waals surface area contributed by atoms with Crippen molar-refractivity contribution in [1.29, 1.82) is 0 Å². The number of benzene rings is 2. The average Bonchev–Trinajstić information content (AvgIpc) is 3.12. The molecule has 0 aliphatic heterocycles. The first-order valence-corrected chi connectivity index (χ1v) is 12.2. The molecule has 31 heavy (non-hydrogen) atoms. The molecule has 1 amide bonds. The Hall–Kier alpha value is -2.18. The van der Waals surface area contributed by atoms with Gasteiger partial charge in [0.1, 0.15) is 5.75 Å². The molecule has 0 fully saturated rings. The molecular weight excluding hydrogens is 472 g/mol. The van der Waals surface area contributed by atoms with Crippen molar-refractivity contribution in [2.45, 2.75) is 52.4 Å². The number of aromatic nitrogens is 1. The van der Waals surface area contributed by atoms with E-state index in [4.69, 9.17) is 4.74 Å². The zero-order chi connectivity index (χ0) is 22.4. The summed E-state index contributed by atoms with van der Waals surface area (Å²) in [5, 5.41) is 3.55. The average molecular weight is 501 g/mol. The number of hydrogen-bond acceptors (Lipinski definition) is 4. The number of carbonyl (C=O) groups is 1. The number of anilines is 1. The first-order valence-electron chi connectivity index (χ1n) is 10.5. The van der Waals surface area contributed by atoms with Crippen LogP contribution in [0.4, 0.5) is 5.13 Å². The van der Waals surface area contributed by atoms with E-state index in [1.165, 1.54) is 16.9 Å². The number of halogens is 1. The predicted octanol–water partition coefficient (Wildman–Crippen LogP) is 7.37. The minimum absolute atomic E-state index is 0.0419. The lowest BCUT2D eigenvalue weighted by Crippen LogP contribution is -2.15. The van der Waals surface area contributed by atoms with E-state index in [1.807, 2.05) is 43.3 Å². The highest BCUT2D eigenvalue weighted by Gasteiger charge is 2.17. The molecule has 6 heteroatoms. The fraction of sp³-hybridized carbons (Fsp3) is 0.360. The lowest BCUT2D eigenvalue weighted by molar-refractivity contribution is -0.116. The lowest BCUT2D eigenvalue weighted by atomic mass is 9.82. The topological polar surface area (TPSA) is 51.2 Å². The van der Waals surface area contributed by atoms with Crippen LogP contribution in [0.2, 0.25) is 0 Å². The highest BCUT2D eigenvalue weighted by Crippen LogP contribution is 2.31. The minimum atomic E-state index is -0.0419. The van der Waals surface area contributed by atoms with Gasteiger partial charge in [-0.2, -0.15) is 0 Å². The number of rotatable bonds is 9. The van der Waals surface area contributed by atoms with E-state index in [0.717, 1.165) is 32.8 Å². The van der Waals surface area contributed by atoms with Crippen molar-refractivity contribution in [2.24, 2.45) is 0 Å². The number of nitrogens with zero attached hydrogens (tertiary/aromatic N) is 1. The molecule has 0 spiro atoms. The van der Waals surface area contributed by atoms with Gasteiger partial charge in [0, 0.05) is 21.3 Å². The maximum absolute atomic E-state index is 12.3. The Morgan fingerprint density at radius 1 is 1.13 bits per heavy atom. The van der Waals surface area contributed by atoms with Crippen LogP contribution >= 0.6 is 27.3 Å². The first kappa shape index (κ1) is 23.5. The van der Waals surface area contributed by atoms with Crippen LogP contribution in [0.25, 0.3) is 11.3 Å². The van der Waals surface area contributed by atoms with Crippen LogP contribution in [0.5, 0.6) is 5.75 Å². The SMILES string of the molecule is CCC(C)(C)c1ccc(OCCCC(=O)Nc2nc(-c3ccc(Br)cc3)c(C)s2)cc1. The molecule has 0 aliphatic rings. The highest BCUT2D eigenvalue weighted by molar-refractivity contribution is 9.10. The van der Waals surface area contributed by atoms with Gasteiger partial charge in [-0.1, -0.05) is 61.0 Å². The van der Waals surface area contributed by atoms with Crippen LogP contribution in [-0.4, -0.2) is 17.5 Å². The molecule has 4 nitrogen and oxygen atoms in total. The van der Waals surface area contributed by atoms with Crippen LogP contribution in [0.3, 0.4) is 0 Å². The fourth-order valence-corrected chi connectivity index (χ4v) is 4.25. The fourth-order valence-electron chi connectivity index (χ4n) is 3.14. The Labute approximate surface area is 197 Å². The molecule has 3 rings (SSSR count). The zero-order valence-electron chi connectivity index (χ0n) is 18.5. The Morgan fingerprint density at radius 2 is 1.81 bits per heavy atom. The van der Waals surface area contributed by atoms with Gasteiger partial charge in [0.15, 0.2) is 5.13 Å². The number of thiazole rings is 1. The number of hydrogen-bond donors (Lipinski definition) is 1. The van der Waals surface area contributed by atoms with Crippen LogP contribution in [-0.2, 0) is 10.2 Å². The highest BCUT2D eigenvalue weighted by atomic mass is 79.9. The molecule has 2 aromatic carbocycles. The van der Waals surface area contributed by atoms with Crippen LogP contribution in [0.15, 0.2) is 53.0 Å². The minimum Gasteiger partial charge on any atom is -0.494 e. The van der Waals surface area contributed by atoms with E-state index in [1.54, 1.807) is 0 Å². The summed E-state index contributed by atoms with van der Waals surface area (Å²) in [6, 6.07) is 16.3. The standard InChI is InChI=1S/C25H29BrN2O2S/c1-5-25(3,4)19-10-14-21(15-11-19)30-16-6-7-22(29)27-24-28-23(17(2)31-24)18-8-12-20(26)13-9-18/h8-15H,5-7,16H2,1-4H3,(H,27,28,29). The van der Waals surface area contributed by atoms with Crippen molar-refractivity contribution in [3.05, 3.63) is 63.4 Å². The Balaban J connectivity index is 1.46. The summed E-state index contributed by atoms with van der Waals surface area (Å²) in [4.78, 5) is 18.0. The van der Waals surface area contributed by atoms with Crippen LogP contribution in [0, 0.1) is 6.92 Å². The molecule has 0 saturated carbocycles. The van der Waals surface area contributed by atoms with Crippen molar-refractivity contribution in [1.82, 2.24) is 4.98 Å². The summed E-state index contributed by atoms with van der Waals surface area (Å²) in [7, 11) is 0. The van der Waals surface area contributed by atoms with Gasteiger partial charge >= 0.3 is 0 Å². The summed E-state index contributed by atoms with van der Waals surface area (Å²) in [5.74, 6) is 0.797. The number of aryl methyl sites for hydroxylation is 1. The van der Waals surface area contributed by atoms with E-state index in [-0.39, 0.29) is 11.3 Å². The normalized spacial score (nSPS) is 11.4. The van der Waals surface area contributed by atoms with Gasteiger partial charge in [-0.3, -0.25) is 4.79 Å². The van der Waals surface area contributed by atoms with E-state index in [0.29, 0.717) is 24.6 Å². The van der Waals surface area contributed by atoms with Crippen molar-refractivity contribution < 1.29 is 9.53 Å². The molecule has 0 atom stereocenters. The molecule has 0 radical (unpaired) electrons. The molecule has 164 valence electrons. The van der Waals surface area contributed by atoms with Crippen molar-refractivity contribution in [3.63, 3.8) is 0 Å². The second kappa shape index (κ2) is 10.4. The second-order valence-corrected chi connectivity index (χ2v) is 10.3. The molecule has 0 aliphatic carbocycles. The summed E-state index contributed by atoms with van der Waals surface area (Å²) < 4.78 is 6.83. The van der Waals surface area contributed by atoms with E-state index < -0.39 is 0 Å². The third-order valence-electron chi connectivity index (χ3n) is 5.50. The molecule has 0 unspecified atom stereocenters. The third-order valence-corrected chi connectivity index (χ3v) is 6.91. The van der Waals surface area contributed by atoms with Gasteiger partial charge < -0.3 is 10.1 Å². The number of amides is 1. The number of nitrogens with one attached hydrogen (secondary N) is 1. The van der Waals surface area contributed by atoms with Crippen LogP contribution in [0.1, 0.15) is 50.5 Å². The number of carbonyl (C=O) groups excluding carboxylic acids is 1. The van der Waals surface area contributed by atoms with E-state index in [2.05, 4.69) is 59.1 Å². The maximum atomic E-state index is 12.3. The summed E-state index contributed by atoms with van der Waals surface area (Å²) >= 11 is 4.94. The molecule has 1 aromatic heterocycles. The molecule has 3 aromatic rings. The Kier molecular flexibility index (Phi) is 7.89. The molecular formula is C25H29BrN2O2S. The molecule has 1 heterocycles. The van der Waals surface area contributed by atoms with Crippen LogP contribution < -0.4 is 10.1 Å². The van der Waals surface area contributed by atoms with E-state index >= 15 is 0 Å². The maximum Gasteiger partial charge on any atom is 0.226 e. The van der Waals surface area contributed by atoms with Gasteiger partial charge in [0.2, 0.25) is 5.91 Å². The zero-order valence-corrected chi connectivity index (χ0v) is 20.9. The van der Waals surface area contributed by atoms with Gasteiger partial charge in [0.25, 0.3) is 0 Å². The first-order chi connectivity index (χ1) is 14.8.